The zero-order valence-corrected chi connectivity index (χ0v) is 17.3. The predicted molar refractivity (Wildman–Crippen MR) is 124 cm³/mol. The van der Waals surface area contributed by atoms with Gasteiger partial charge in [-0.1, -0.05) is 84.9 Å². The van der Waals surface area contributed by atoms with Crippen LogP contribution >= 0.6 is 0 Å². The Hall–Kier alpha value is -4.85. The average molecular weight is 428 g/mol. The molecule has 6 aromatic rings. The summed E-state index contributed by atoms with van der Waals surface area (Å²) in [5.74, 6) is 2.94. The third-order valence-electron chi connectivity index (χ3n) is 5.13. The lowest BCUT2D eigenvalue weighted by molar-refractivity contribution is 0.893. The lowest BCUT2D eigenvalue weighted by Gasteiger charge is -2.08. The van der Waals surface area contributed by atoms with Crippen LogP contribution in [0.15, 0.2) is 97.6 Å². The van der Waals surface area contributed by atoms with Gasteiger partial charge in [-0.2, -0.15) is 14.5 Å². The van der Waals surface area contributed by atoms with Gasteiger partial charge >= 0.3 is 0 Å². The Labute approximate surface area is 188 Å². The van der Waals surface area contributed by atoms with Crippen molar-refractivity contribution in [2.45, 2.75) is 0 Å². The van der Waals surface area contributed by atoms with Crippen molar-refractivity contribution in [2.24, 2.45) is 0 Å². The number of hydrogen-bond donors (Lipinski definition) is 0. The van der Waals surface area contributed by atoms with E-state index in [0.29, 0.717) is 29.1 Å². The van der Waals surface area contributed by atoms with Gasteiger partial charge in [0.05, 0.1) is 0 Å². The SMILES string of the molecule is c1ccc(-c2nc(-c3ccccc3)nc(-c3ccc(-c4nc5ncncn5n4)cc3)n2)cc1. The molecule has 0 aliphatic carbocycles. The molecular weight excluding hydrogens is 412 g/mol. The monoisotopic (exact) mass is 428 g/mol. The van der Waals surface area contributed by atoms with Crippen LogP contribution in [0.5, 0.6) is 0 Å². The second-order valence-electron chi connectivity index (χ2n) is 7.30. The molecular formula is C25H16N8. The van der Waals surface area contributed by atoms with E-state index in [-0.39, 0.29) is 0 Å². The predicted octanol–water partition coefficient (Wildman–Crippen LogP) is 4.37. The van der Waals surface area contributed by atoms with E-state index < -0.39 is 0 Å². The number of benzene rings is 3. The largest absolute Gasteiger partial charge is 0.255 e. The standard InChI is InChI=1S/C25H16N8/c1-3-7-17(8-4-1)21-28-22(18-9-5-2-6-10-18)30-23(29-21)19-11-13-20(14-12-19)24-31-25-27-15-26-16-33(25)32-24/h1-16H. The van der Waals surface area contributed by atoms with Crippen molar-refractivity contribution < 1.29 is 0 Å². The van der Waals surface area contributed by atoms with Gasteiger partial charge < -0.3 is 0 Å². The molecule has 33 heavy (non-hydrogen) atoms. The zero-order chi connectivity index (χ0) is 22.0. The highest BCUT2D eigenvalue weighted by Gasteiger charge is 2.13. The van der Waals surface area contributed by atoms with E-state index in [1.54, 1.807) is 10.8 Å². The van der Waals surface area contributed by atoms with Crippen molar-refractivity contribution in [2.75, 3.05) is 0 Å². The Morgan fingerprint density at radius 2 is 0.970 bits per heavy atom. The summed E-state index contributed by atoms with van der Waals surface area (Å²) < 4.78 is 1.55. The molecule has 0 saturated heterocycles. The molecule has 3 aromatic heterocycles. The molecule has 3 aromatic carbocycles. The highest BCUT2D eigenvalue weighted by molar-refractivity contribution is 5.68. The van der Waals surface area contributed by atoms with Gasteiger partial charge in [-0.05, 0) is 0 Å². The summed E-state index contributed by atoms with van der Waals surface area (Å²) >= 11 is 0. The molecule has 0 N–H and O–H groups in total. The molecule has 0 radical (unpaired) electrons. The van der Waals surface area contributed by atoms with Crippen molar-refractivity contribution in [1.29, 1.82) is 0 Å². The quantitative estimate of drug-likeness (QED) is 0.411. The van der Waals surface area contributed by atoms with Crippen molar-refractivity contribution in [3.05, 3.63) is 97.6 Å². The maximum absolute atomic E-state index is 4.76. The molecule has 0 aliphatic heterocycles. The molecule has 6 rings (SSSR count). The lowest BCUT2D eigenvalue weighted by Crippen LogP contribution is -2.00. The van der Waals surface area contributed by atoms with Gasteiger partial charge in [-0.3, -0.25) is 0 Å². The lowest BCUT2D eigenvalue weighted by atomic mass is 10.1. The highest BCUT2D eigenvalue weighted by Crippen LogP contribution is 2.26. The van der Waals surface area contributed by atoms with Gasteiger partial charge in [0.2, 0.25) is 0 Å². The van der Waals surface area contributed by atoms with Crippen molar-refractivity contribution in [3.63, 3.8) is 0 Å². The fraction of sp³-hybridized carbons (Fsp3) is 0. The Morgan fingerprint density at radius 1 is 0.485 bits per heavy atom. The fourth-order valence-electron chi connectivity index (χ4n) is 3.49. The van der Waals surface area contributed by atoms with E-state index in [1.165, 1.54) is 6.33 Å². The Balaban J connectivity index is 1.43. The second-order valence-corrected chi connectivity index (χ2v) is 7.30. The van der Waals surface area contributed by atoms with Crippen LogP contribution in [-0.2, 0) is 0 Å². The van der Waals surface area contributed by atoms with E-state index in [0.717, 1.165) is 22.3 Å². The smallest absolute Gasteiger partial charge is 0.225 e. The third-order valence-corrected chi connectivity index (χ3v) is 5.13. The van der Waals surface area contributed by atoms with Crippen LogP contribution in [0.25, 0.3) is 51.3 Å². The number of hydrogen-bond acceptors (Lipinski definition) is 7. The highest BCUT2D eigenvalue weighted by atomic mass is 15.3. The summed E-state index contributed by atoms with van der Waals surface area (Å²) in [6.45, 7) is 0. The topological polar surface area (TPSA) is 94.6 Å². The van der Waals surface area contributed by atoms with Gasteiger partial charge in [-0.25, -0.2) is 19.9 Å². The summed E-state index contributed by atoms with van der Waals surface area (Å²) in [6, 6.07) is 27.7. The van der Waals surface area contributed by atoms with Crippen LogP contribution < -0.4 is 0 Å². The summed E-state index contributed by atoms with van der Waals surface area (Å²) in [4.78, 5) is 26.8. The van der Waals surface area contributed by atoms with Gasteiger partial charge in [-0.15, -0.1) is 5.10 Å². The first kappa shape index (κ1) is 18.9. The summed E-state index contributed by atoms with van der Waals surface area (Å²) in [5, 5.41) is 4.43. The number of rotatable bonds is 4. The van der Waals surface area contributed by atoms with Gasteiger partial charge in [0.25, 0.3) is 5.78 Å². The van der Waals surface area contributed by atoms with Crippen molar-refractivity contribution in [3.8, 4) is 45.6 Å². The van der Waals surface area contributed by atoms with Crippen molar-refractivity contribution >= 4 is 5.78 Å². The van der Waals surface area contributed by atoms with Crippen LogP contribution in [-0.4, -0.2) is 39.5 Å². The molecule has 8 nitrogen and oxygen atoms in total. The molecule has 0 fully saturated rings. The molecule has 0 spiro atoms. The molecule has 3 heterocycles. The molecule has 0 aliphatic rings. The van der Waals surface area contributed by atoms with E-state index in [2.05, 4.69) is 20.1 Å². The molecule has 0 bridgehead atoms. The van der Waals surface area contributed by atoms with Crippen LogP contribution in [0, 0.1) is 0 Å². The van der Waals surface area contributed by atoms with E-state index in [4.69, 9.17) is 15.0 Å². The Morgan fingerprint density at radius 3 is 1.48 bits per heavy atom. The van der Waals surface area contributed by atoms with Gasteiger partial charge in [0.15, 0.2) is 23.3 Å². The fourth-order valence-corrected chi connectivity index (χ4v) is 3.49. The number of fused-ring (bicyclic) bond motifs is 1. The molecule has 0 saturated carbocycles. The van der Waals surface area contributed by atoms with E-state index in [1.807, 2.05) is 84.9 Å². The Kier molecular flexibility index (Phi) is 4.58. The first-order valence-corrected chi connectivity index (χ1v) is 10.3. The number of nitrogens with zero attached hydrogens (tertiary/aromatic N) is 8. The first-order chi connectivity index (χ1) is 16.3. The molecule has 8 heteroatoms. The van der Waals surface area contributed by atoms with Crippen LogP contribution in [0.2, 0.25) is 0 Å². The molecule has 0 unspecified atom stereocenters. The maximum atomic E-state index is 4.76. The normalized spacial score (nSPS) is 11.0. The van der Waals surface area contributed by atoms with E-state index in [9.17, 15) is 0 Å². The average Bonchev–Trinajstić information content (AvgIpc) is 3.34. The van der Waals surface area contributed by atoms with Crippen LogP contribution in [0.3, 0.4) is 0 Å². The van der Waals surface area contributed by atoms with E-state index >= 15 is 0 Å². The van der Waals surface area contributed by atoms with Gasteiger partial charge in [0, 0.05) is 22.3 Å². The van der Waals surface area contributed by atoms with Crippen LogP contribution in [0.4, 0.5) is 0 Å². The minimum atomic E-state index is 0.501. The summed E-state index contributed by atoms with van der Waals surface area (Å²) in [5.41, 5.74) is 3.61. The van der Waals surface area contributed by atoms with Crippen molar-refractivity contribution in [1.82, 2.24) is 39.5 Å². The third kappa shape index (κ3) is 3.70. The zero-order valence-electron chi connectivity index (χ0n) is 17.3. The van der Waals surface area contributed by atoms with Crippen LogP contribution in [0.1, 0.15) is 0 Å². The first-order valence-electron chi connectivity index (χ1n) is 10.3. The number of aromatic nitrogens is 8. The molecule has 0 atom stereocenters. The summed E-state index contributed by atoms with van der Waals surface area (Å²) in [7, 11) is 0. The minimum Gasteiger partial charge on any atom is -0.225 e. The summed E-state index contributed by atoms with van der Waals surface area (Å²) in [6.07, 6.45) is 3.03. The molecule has 0 amide bonds. The minimum absolute atomic E-state index is 0.501. The Bertz CT molecular complexity index is 1450. The molecule has 156 valence electrons. The maximum Gasteiger partial charge on any atom is 0.255 e. The second kappa shape index (κ2) is 8.01. The van der Waals surface area contributed by atoms with Gasteiger partial charge in [0.1, 0.15) is 12.7 Å².